The maximum atomic E-state index is 4.80. The number of nitrogens with one attached hydrogen (secondary N) is 2. The molecule has 2 fully saturated rings. The average Bonchev–Trinajstić information content (AvgIpc) is 2.50. The number of piperidine rings is 1. The standard InChI is InChI=1S/C17H34N4/c1-3-18-17(20-16-7-5-4-6-8-16)19-12-9-15-10-13-21(2)14-11-15/h15-16H,3-14H2,1-2H3,(H2,18,19,20). The van der Waals surface area contributed by atoms with Crippen molar-refractivity contribution in [2.24, 2.45) is 10.9 Å². The van der Waals surface area contributed by atoms with Crippen LogP contribution in [0.25, 0.3) is 0 Å². The highest BCUT2D eigenvalue weighted by atomic mass is 15.2. The van der Waals surface area contributed by atoms with Crippen LogP contribution in [-0.4, -0.2) is 50.1 Å². The van der Waals surface area contributed by atoms with Crippen LogP contribution in [0.15, 0.2) is 4.99 Å². The second-order valence-corrected chi connectivity index (χ2v) is 6.78. The van der Waals surface area contributed by atoms with Crippen molar-refractivity contribution in [1.29, 1.82) is 0 Å². The molecule has 0 unspecified atom stereocenters. The van der Waals surface area contributed by atoms with Gasteiger partial charge in [-0.25, -0.2) is 0 Å². The molecule has 2 rings (SSSR count). The summed E-state index contributed by atoms with van der Waals surface area (Å²) >= 11 is 0. The minimum atomic E-state index is 0.639. The summed E-state index contributed by atoms with van der Waals surface area (Å²) in [6.07, 6.45) is 10.7. The Morgan fingerprint density at radius 1 is 1.10 bits per heavy atom. The number of aliphatic imine (C=N–C) groups is 1. The van der Waals surface area contributed by atoms with E-state index in [4.69, 9.17) is 4.99 Å². The highest BCUT2D eigenvalue weighted by Gasteiger charge is 2.17. The van der Waals surface area contributed by atoms with Gasteiger partial charge in [-0.15, -0.1) is 0 Å². The Balaban J connectivity index is 1.71. The number of hydrogen-bond acceptors (Lipinski definition) is 2. The van der Waals surface area contributed by atoms with Crippen molar-refractivity contribution < 1.29 is 0 Å². The molecule has 2 N–H and O–H groups in total. The van der Waals surface area contributed by atoms with Crippen LogP contribution in [0.2, 0.25) is 0 Å². The molecule has 4 nitrogen and oxygen atoms in total. The molecule has 0 bridgehead atoms. The summed E-state index contributed by atoms with van der Waals surface area (Å²) in [5.41, 5.74) is 0. The van der Waals surface area contributed by atoms with Gasteiger partial charge in [-0.05, 0) is 65.1 Å². The van der Waals surface area contributed by atoms with Crippen LogP contribution in [0, 0.1) is 5.92 Å². The van der Waals surface area contributed by atoms with Crippen LogP contribution in [-0.2, 0) is 0 Å². The Morgan fingerprint density at radius 3 is 2.48 bits per heavy atom. The quantitative estimate of drug-likeness (QED) is 0.605. The fraction of sp³-hybridized carbons (Fsp3) is 0.941. The molecule has 0 amide bonds. The maximum Gasteiger partial charge on any atom is 0.191 e. The molecule has 0 aromatic carbocycles. The average molecular weight is 294 g/mol. The van der Waals surface area contributed by atoms with Gasteiger partial charge < -0.3 is 15.5 Å². The van der Waals surface area contributed by atoms with Crippen molar-refractivity contribution in [1.82, 2.24) is 15.5 Å². The summed E-state index contributed by atoms with van der Waals surface area (Å²) < 4.78 is 0. The molecule has 2 aliphatic rings. The van der Waals surface area contributed by atoms with Gasteiger partial charge >= 0.3 is 0 Å². The largest absolute Gasteiger partial charge is 0.357 e. The van der Waals surface area contributed by atoms with Crippen molar-refractivity contribution in [2.45, 2.75) is 64.3 Å². The molecule has 1 saturated heterocycles. The van der Waals surface area contributed by atoms with Crippen molar-refractivity contribution in [2.75, 3.05) is 33.2 Å². The first-order valence-corrected chi connectivity index (χ1v) is 9.01. The molecule has 0 spiro atoms. The number of likely N-dealkylation sites (tertiary alicyclic amines) is 1. The van der Waals surface area contributed by atoms with E-state index in [1.807, 2.05) is 0 Å². The van der Waals surface area contributed by atoms with E-state index < -0.39 is 0 Å². The van der Waals surface area contributed by atoms with Gasteiger partial charge in [0.25, 0.3) is 0 Å². The minimum Gasteiger partial charge on any atom is -0.357 e. The summed E-state index contributed by atoms with van der Waals surface area (Å²) in [7, 11) is 2.23. The zero-order valence-corrected chi connectivity index (χ0v) is 14.0. The number of rotatable bonds is 5. The van der Waals surface area contributed by atoms with E-state index in [1.165, 1.54) is 64.5 Å². The number of nitrogens with zero attached hydrogens (tertiary/aromatic N) is 2. The second kappa shape index (κ2) is 9.29. The predicted octanol–water partition coefficient (Wildman–Crippen LogP) is 2.61. The Labute approximate surface area is 130 Å². The Hall–Kier alpha value is -0.770. The molecule has 1 aliphatic carbocycles. The topological polar surface area (TPSA) is 39.7 Å². The van der Waals surface area contributed by atoms with Crippen LogP contribution < -0.4 is 10.6 Å². The Kier molecular flexibility index (Phi) is 7.34. The fourth-order valence-corrected chi connectivity index (χ4v) is 3.47. The summed E-state index contributed by atoms with van der Waals surface area (Å²) in [5.74, 6) is 1.92. The van der Waals surface area contributed by atoms with Crippen LogP contribution in [0.3, 0.4) is 0 Å². The smallest absolute Gasteiger partial charge is 0.191 e. The SMILES string of the molecule is CCNC(=NCCC1CCN(C)CC1)NC1CCCCC1. The van der Waals surface area contributed by atoms with Crippen molar-refractivity contribution in [3.05, 3.63) is 0 Å². The van der Waals surface area contributed by atoms with Gasteiger partial charge in [0.2, 0.25) is 0 Å². The van der Waals surface area contributed by atoms with E-state index in [0.29, 0.717) is 6.04 Å². The molecule has 0 radical (unpaired) electrons. The first kappa shape index (κ1) is 16.6. The third-order valence-corrected chi connectivity index (χ3v) is 4.94. The molecule has 21 heavy (non-hydrogen) atoms. The molecular formula is C17H34N4. The van der Waals surface area contributed by atoms with Crippen LogP contribution in [0.5, 0.6) is 0 Å². The summed E-state index contributed by atoms with van der Waals surface area (Å²) in [4.78, 5) is 7.24. The Bertz CT molecular complexity index is 302. The summed E-state index contributed by atoms with van der Waals surface area (Å²) in [5, 5.41) is 7.04. The third-order valence-electron chi connectivity index (χ3n) is 4.94. The molecule has 0 aromatic heterocycles. The van der Waals surface area contributed by atoms with E-state index in [-0.39, 0.29) is 0 Å². The predicted molar refractivity (Wildman–Crippen MR) is 90.8 cm³/mol. The lowest BCUT2D eigenvalue weighted by atomic mass is 9.94. The minimum absolute atomic E-state index is 0.639. The third kappa shape index (κ3) is 6.25. The second-order valence-electron chi connectivity index (χ2n) is 6.78. The maximum absolute atomic E-state index is 4.80. The van der Waals surface area contributed by atoms with Gasteiger partial charge in [-0.2, -0.15) is 0 Å². The van der Waals surface area contributed by atoms with Crippen molar-refractivity contribution in [3.63, 3.8) is 0 Å². The fourth-order valence-electron chi connectivity index (χ4n) is 3.47. The number of hydrogen-bond donors (Lipinski definition) is 2. The first-order valence-electron chi connectivity index (χ1n) is 9.01. The van der Waals surface area contributed by atoms with Gasteiger partial charge in [0.05, 0.1) is 0 Å². The highest BCUT2D eigenvalue weighted by Crippen LogP contribution is 2.19. The molecule has 1 saturated carbocycles. The number of guanidine groups is 1. The summed E-state index contributed by atoms with van der Waals surface area (Å²) in [6, 6.07) is 0.639. The van der Waals surface area contributed by atoms with Crippen LogP contribution >= 0.6 is 0 Å². The van der Waals surface area contributed by atoms with E-state index in [0.717, 1.165) is 25.0 Å². The Morgan fingerprint density at radius 2 is 1.81 bits per heavy atom. The van der Waals surface area contributed by atoms with Gasteiger partial charge in [-0.1, -0.05) is 19.3 Å². The molecule has 1 heterocycles. The van der Waals surface area contributed by atoms with Gasteiger partial charge in [0, 0.05) is 19.1 Å². The van der Waals surface area contributed by atoms with E-state index in [1.54, 1.807) is 0 Å². The zero-order valence-electron chi connectivity index (χ0n) is 14.0. The first-order chi connectivity index (χ1) is 10.3. The van der Waals surface area contributed by atoms with E-state index in [2.05, 4.69) is 29.5 Å². The van der Waals surface area contributed by atoms with E-state index in [9.17, 15) is 0 Å². The summed E-state index contributed by atoms with van der Waals surface area (Å²) in [6.45, 7) is 6.59. The lowest BCUT2D eigenvalue weighted by molar-refractivity contribution is 0.214. The lowest BCUT2D eigenvalue weighted by Crippen LogP contribution is -2.44. The van der Waals surface area contributed by atoms with Crippen molar-refractivity contribution in [3.8, 4) is 0 Å². The lowest BCUT2D eigenvalue weighted by Gasteiger charge is -2.28. The molecule has 1 aliphatic heterocycles. The monoisotopic (exact) mass is 294 g/mol. The molecule has 0 aromatic rings. The molecular weight excluding hydrogens is 260 g/mol. The van der Waals surface area contributed by atoms with Crippen LogP contribution in [0.1, 0.15) is 58.3 Å². The van der Waals surface area contributed by atoms with Gasteiger partial charge in [-0.3, -0.25) is 4.99 Å². The van der Waals surface area contributed by atoms with Crippen LogP contribution in [0.4, 0.5) is 0 Å². The highest BCUT2D eigenvalue weighted by molar-refractivity contribution is 5.80. The molecule has 4 heteroatoms. The molecule has 0 atom stereocenters. The van der Waals surface area contributed by atoms with Gasteiger partial charge in [0.1, 0.15) is 0 Å². The van der Waals surface area contributed by atoms with E-state index >= 15 is 0 Å². The normalized spacial score (nSPS) is 23.2. The molecule has 122 valence electrons. The zero-order chi connectivity index (χ0) is 14.9. The van der Waals surface area contributed by atoms with Crippen molar-refractivity contribution >= 4 is 5.96 Å². The van der Waals surface area contributed by atoms with Gasteiger partial charge in [0.15, 0.2) is 5.96 Å².